The Balaban J connectivity index is 1.60. The molecule has 0 unspecified atom stereocenters. The maximum Gasteiger partial charge on any atom is 0.271 e. The van der Waals surface area contributed by atoms with Crippen LogP contribution in [0.15, 0.2) is 66.0 Å². The molecule has 0 radical (unpaired) electrons. The second-order valence-corrected chi connectivity index (χ2v) is 7.21. The Morgan fingerprint density at radius 2 is 1.76 bits per heavy atom. The Kier molecular flexibility index (Phi) is 8.13. The molecule has 8 nitrogen and oxygen atoms in total. The van der Waals surface area contributed by atoms with Gasteiger partial charge in [-0.25, -0.2) is 5.43 Å². The number of hydrogen-bond acceptors (Lipinski definition) is 6. The lowest BCUT2D eigenvalue weighted by Gasteiger charge is -2.13. The summed E-state index contributed by atoms with van der Waals surface area (Å²) in [6, 6.07) is 14.1. The minimum absolute atomic E-state index is 0.164. The third-order valence-corrected chi connectivity index (χ3v) is 4.74. The number of pyridine rings is 1. The number of rotatable bonds is 9. The molecule has 1 aromatic heterocycles. The van der Waals surface area contributed by atoms with Gasteiger partial charge in [0.1, 0.15) is 0 Å². The number of benzene rings is 2. The first-order valence-electron chi connectivity index (χ1n) is 10.5. The van der Waals surface area contributed by atoms with Crippen LogP contribution in [0.2, 0.25) is 0 Å². The summed E-state index contributed by atoms with van der Waals surface area (Å²) in [4.78, 5) is 28.2. The molecule has 0 aliphatic carbocycles. The van der Waals surface area contributed by atoms with Crippen LogP contribution in [-0.2, 0) is 4.79 Å². The second kappa shape index (κ2) is 11.4. The Bertz CT molecular complexity index is 1150. The fourth-order valence-corrected chi connectivity index (χ4v) is 2.89. The predicted octanol–water partition coefficient (Wildman–Crippen LogP) is 3.88. The third-order valence-electron chi connectivity index (χ3n) is 4.74. The van der Waals surface area contributed by atoms with E-state index in [-0.39, 0.29) is 18.4 Å². The van der Waals surface area contributed by atoms with E-state index >= 15 is 0 Å². The summed E-state index contributed by atoms with van der Waals surface area (Å²) in [6.07, 6.45) is 4.57. The first-order chi connectivity index (χ1) is 16.0. The number of ether oxygens (including phenoxy) is 2. The van der Waals surface area contributed by atoms with Crippen LogP contribution in [0.5, 0.6) is 11.5 Å². The quantitative estimate of drug-likeness (QED) is 0.384. The zero-order chi connectivity index (χ0) is 23.6. The number of carbonyl (C=O) groups is 2. The highest BCUT2D eigenvalue weighted by molar-refractivity contribution is 5.94. The lowest BCUT2D eigenvalue weighted by molar-refractivity contribution is -0.118. The van der Waals surface area contributed by atoms with Crippen LogP contribution in [0.4, 0.5) is 5.69 Å². The maximum atomic E-state index is 12.3. The zero-order valence-electron chi connectivity index (χ0n) is 18.8. The van der Waals surface area contributed by atoms with Gasteiger partial charge in [0, 0.05) is 23.6 Å². The topological polar surface area (TPSA) is 102 Å². The summed E-state index contributed by atoms with van der Waals surface area (Å²) in [5, 5.41) is 6.80. The van der Waals surface area contributed by atoms with Crippen LogP contribution < -0.4 is 20.2 Å². The van der Waals surface area contributed by atoms with Gasteiger partial charge in [0.25, 0.3) is 11.8 Å². The fraction of sp³-hybridized carbons (Fsp3) is 0.200. The molecule has 1 heterocycles. The molecule has 0 fully saturated rings. The van der Waals surface area contributed by atoms with Crippen LogP contribution in [0.25, 0.3) is 0 Å². The van der Waals surface area contributed by atoms with Crippen molar-refractivity contribution >= 4 is 23.7 Å². The Labute approximate surface area is 192 Å². The van der Waals surface area contributed by atoms with E-state index in [1.165, 1.54) is 18.6 Å². The molecule has 33 heavy (non-hydrogen) atoms. The Morgan fingerprint density at radius 1 is 0.970 bits per heavy atom. The average Bonchev–Trinajstić information content (AvgIpc) is 2.81. The highest BCUT2D eigenvalue weighted by atomic mass is 16.5. The lowest BCUT2D eigenvalue weighted by Crippen LogP contribution is -2.20. The van der Waals surface area contributed by atoms with E-state index in [1.54, 1.807) is 30.3 Å². The van der Waals surface area contributed by atoms with Crippen molar-refractivity contribution < 1.29 is 19.1 Å². The number of aryl methyl sites for hydroxylation is 2. The number of nitrogens with zero attached hydrogens (tertiary/aromatic N) is 2. The number of aromatic nitrogens is 1. The van der Waals surface area contributed by atoms with Crippen LogP contribution >= 0.6 is 0 Å². The SMILES string of the molecule is CCOc1cc(/C=N\NC(=O)c2ccncc2)ccc1OCC(=O)Nc1ccc(C)c(C)c1. The minimum atomic E-state index is -0.339. The fourth-order valence-electron chi connectivity index (χ4n) is 2.89. The van der Waals surface area contributed by atoms with Gasteiger partial charge in [-0.2, -0.15) is 5.10 Å². The van der Waals surface area contributed by atoms with E-state index in [1.807, 2.05) is 39.0 Å². The van der Waals surface area contributed by atoms with E-state index in [0.29, 0.717) is 29.2 Å². The summed E-state index contributed by atoms with van der Waals surface area (Å²) < 4.78 is 11.3. The summed E-state index contributed by atoms with van der Waals surface area (Å²) >= 11 is 0. The first kappa shape index (κ1) is 23.5. The number of amides is 2. The van der Waals surface area contributed by atoms with E-state index in [4.69, 9.17) is 9.47 Å². The molecule has 2 N–H and O–H groups in total. The van der Waals surface area contributed by atoms with E-state index in [0.717, 1.165) is 16.8 Å². The van der Waals surface area contributed by atoms with E-state index < -0.39 is 0 Å². The van der Waals surface area contributed by atoms with Gasteiger partial charge in [-0.1, -0.05) is 6.07 Å². The highest BCUT2D eigenvalue weighted by Gasteiger charge is 2.10. The van der Waals surface area contributed by atoms with Crippen LogP contribution in [0, 0.1) is 13.8 Å². The van der Waals surface area contributed by atoms with Crippen molar-refractivity contribution in [1.29, 1.82) is 0 Å². The molecular weight excluding hydrogens is 420 g/mol. The van der Waals surface area contributed by atoms with Crippen molar-refractivity contribution in [3.8, 4) is 11.5 Å². The Morgan fingerprint density at radius 3 is 2.48 bits per heavy atom. The second-order valence-electron chi connectivity index (χ2n) is 7.21. The van der Waals surface area contributed by atoms with Crippen molar-refractivity contribution in [2.45, 2.75) is 20.8 Å². The molecular formula is C25H26N4O4. The van der Waals surface area contributed by atoms with Gasteiger partial charge >= 0.3 is 0 Å². The molecule has 0 atom stereocenters. The van der Waals surface area contributed by atoms with Crippen molar-refractivity contribution in [3.63, 3.8) is 0 Å². The number of carbonyl (C=O) groups excluding carboxylic acids is 2. The van der Waals surface area contributed by atoms with Crippen molar-refractivity contribution in [3.05, 3.63) is 83.2 Å². The number of nitrogens with one attached hydrogen (secondary N) is 2. The molecule has 0 aliphatic rings. The van der Waals surface area contributed by atoms with E-state index in [9.17, 15) is 9.59 Å². The summed E-state index contributed by atoms with van der Waals surface area (Å²) in [7, 11) is 0. The molecule has 2 aromatic carbocycles. The van der Waals surface area contributed by atoms with Gasteiger partial charge < -0.3 is 14.8 Å². The summed E-state index contributed by atoms with van der Waals surface area (Å²) in [6.45, 7) is 6.12. The molecule has 0 aliphatic heterocycles. The van der Waals surface area contributed by atoms with Crippen LogP contribution in [0.3, 0.4) is 0 Å². The zero-order valence-corrected chi connectivity index (χ0v) is 18.8. The molecule has 0 spiro atoms. The number of hydrogen-bond donors (Lipinski definition) is 2. The first-order valence-corrected chi connectivity index (χ1v) is 10.5. The van der Waals surface area contributed by atoms with Gasteiger partial charge in [0.2, 0.25) is 0 Å². The highest BCUT2D eigenvalue weighted by Crippen LogP contribution is 2.28. The number of hydrazone groups is 1. The third kappa shape index (κ3) is 6.90. The van der Waals surface area contributed by atoms with Crippen LogP contribution in [0.1, 0.15) is 34.0 Å². The molecule has 0 saturated carbocycles. The monoisotopic (exact) mass is 446 g/mol. The van der Waals surface area contributed by atoms with E-state index in [2.05, 4.69) is 20.8 Å². The van der Waals surface area contributed by atoms with Crippen molar-refractivity contribution in [2.24, 2.45) is 5.10 Å². The van der Waals surface area contributed by atoms with Gasteiger partial charge in [-0.3, -0.25) is 14.6 Å². The molecule has 0 saturated heterocycles. The van der Waals surface area contributed by atoms with Gasteiger partial charge in [0.15, 0.2) is 18.1 Å². The average molecular weight is 447 g/mol. The lowest BCUT2D eigenvalue weighted by atomic mass is 10.1. The van der Waals surface area contributed by atoms with Crippen molar-refractivity contribution in [1.82, 2.24) is 10.4 Å². The van der Waals surface area contributed by atoms with Crippen molar-refractivity contribution in [2.75, 3.05) is 18.5 Å². The smallest absolute Gasteiger partial charge is 0.271 e. The predicted molar refractivity (Wildman–Crippen MR) is 127 cm³/mol. The van der Waals surface area contributed by atoms with Crippen LogP contribution in [-0.4, -0.2) is 36.2 Å². The van der Waals surface area contributed by atoms with Gasteiger partial charge in [0.05, 0.1) is 12.8 Å². The largest absolute Gasteiger partial charge is 0.490 e. The number of anilines is 1. The van der Waals surface area contributed by atoms with Gasteiger partial charge in [-0.15, -0.1) is 0 Å². The van der Waals surface area contributed by atoms with Gasteiger partial charge in [-0.05, 0) is 79.9 Å². The molecule has 170 valence electrons. The molecule has 3 aromatic rings. The molecule has 3 rings (SSSR count). The minimum Gasteiger partial charge on any atom is -0.490 e. The maximum absolute atomic E-state index is 12.3. The molecule has 2 amide bonds. The summed E-state index contributed by atoms with van der Waals surface area (Å²) in [5.74, 6) is 0.296. The Hall–Kier alpha value is -4.20. The summed E-state index contributed by atoms with van der Waals surface area (Å²) in [5.41, 5.74) is 6.59. The molecule has 8 heteroatoms. The normalized spacial score (nSPS) is 10.6. The molecule has 0 bridgehead atoms. The standard InChI is InChI=1S/C25H26N4O4/c1-4-32-23-14-19(15-27-29-25(31)20-9-11-26-12-10-20)6-8-22(23)33-16-24(30)28-21-7-5-17(2)18(3)13-21/h5-15H,4,16H2,1-3H3,(H,28,30)(H,29,31)/b27-15-.